The van der Waals surface area contributed by atoms with Crippen LogP contribution in [0.4, 0.5) is 5.69 Å². The van der Waals surface area contributed by atoms with Crippen LogP contribution in [-0.2, 0) is 21.4 Å². The molecule has 0 aliphatic heterocycles. The monoisotopic (exact) mass is 258 g/mol. The largest absolute Gasteiger partial charge is 0.380 e. The van der Waals surface area contributed by atoms with Gasteiger partial charge in [0.1, 0.15) is 0 Å². The lowest BCUT2D eigenvalue weighted by Crippen LogP contribution is -2.31. The third-order valence-electron chi connectivity index (χ3n) is 2.36. The van der Waals surface area contributed by atoms with Crippen LogP contribution in [0.3, 0.4) is 0 Å². The van der Waals surface area contributed by atoms with Crippen molar-refractivity contribution >= 4 is 15.7 Å². The molecular formula is C11H18N2O3S. The molecule has 0 radical (unpaired) electrons. The van der Waals surface area contributed by atoms with Gasteiger partial charge in [-0.15, -0.1) is 0 Å². The lowest BCUT2D eigenvalue weighted by molar-refractivity contribution is 0.185. The molecule has 0 aliphatic carbocycles. The molecule has 6 heteroatoms. The van der Waals surface area contributed by atoms with Crippen LogP contribution in [0.5, 0.6) is 0 Å². The Bertz CT molecular complexity index is 460. The normalized spacial score (nSPS) is 13.4. The fourth-order valence-corrected chi connectivity index (χ4v) is 2.19. The van der Waals surface area contributed by atoms with Crippen LogP contribution in [0.15, 0.2) is 24.3 Å². The molecule has 3 N–H and O–H groups in total. The first-order valence-corrected chi connectivity index (χ1v) is 6.84. The van der Waals surface area contributed by atoms with Crippen molar-refractivity contribution in [2.75, 3.05) is 18.4 Å². The summed E-state index contributed by atoms with van der Waals surface area (Å²) in [5.41, 5.74) is 6.79. The van der Waals surface area contributed by atoms with E-state index in [1.807, 2.05) is 6.07 Å². The van der Waals surface area contributed by atoms with Gasteiger partial charge in [-0.05, 0) is 24.6 Å². The van der Waals surface area contributed by atoms with Crippen LogP contribution in [0.1, 0.15) is 12.5 Å². The lowest BCUT2D eigenvalue weighted by Gasteiger charge is -2.13. The molecule has 1 aromatic carbocycles. The standard InChI is InChI=1S/C11H18N2O3S/c1-9(7-12)17(14,15)13-11-5-3-4-10(6-11)8-16-2/h3-6,9,13H,7-8,12H2,1-2H3. The van der Waals surface area contributed by atoms with Gasteiger partial charge in [-0.2, -0.15) is 0 Å². The van der Waals surface area contributed by atoms with Gasteiger partial charge in [0.2, 0.25) is 10.0 Å². The SMILES string of the molecule is COCc1cccc(NS(=O)(=O)C(C)CN)c1. The van der Waals surface area contributed by atoms with Crippen molar-refractivity contribution in [3.8, 4) is 0 Å². The fraction of sp³-hybridized carbons (Fsp3) is 0.455. The number of benzene rings is 1. The number of hydrogen-bond acceptors (Lipinski definition) is 4. The van der Waals surface area contributed by atoms with Crippen molar-refractivity contribution in [3.05, 3.63) is 29.8 Å². The van der Waals surface area contributed by atoms with Crippen molar-refractivity contribution in [2.45, 2.75) is 18.8 Å². The second-order valence-electron chi connectivity index (χ2n) is 3.83. The van der Waals surface area contributed by atoms with Gasteiger partial charge < -0.3 is 10.5 Å². The summed E-state index contributed by atoms with van der Waals surface area (Å²) in [6.07, 6.45) is 0. The molecule has 1 unspecified atom stereocenters. The van der Waals surface area contributed by atoms with E-state index in [0.717, 1.165) is 5.56 Å². The molecule has 0 fully saturated rings. The minimum atomic E-state index is -3.41. The van der Waals surface area contributed by atoms with Crippen LogP contribution in [0.2, 0.25) is 0 Å². The van der Waals surface area contributed by atoms with Crippen LogP contribution in [0.25, 0.3) is 0 Å². The van der Waals surface area contributed by atoms with Gasteiger partial charge in [0.15, 0.2) is 0 Å². The Balaban J connectivity index is 2.84. The van der Waals surface area contributed by atoms with Crippen LogP contribution >= 0.6 is 0 Å². The van der Waals surface area contributed by atoms with Gasteiger partial charge >= 0.3 is 0 Å². The van der Waals surface area contributed by atoms with E-state index in [9.17, 15) is 8.42 Å². The van der Waals surface area contributed by atoms with Crippen molar-refractivity contribution in [2.24, 2.45) is 5.73 Å². The van der Waals surface area contributed by atoms with E-state index in [2.05, 4.69) is 4.72 Å². The van der Waals surface area contributed by atoms with E-state index in [4.69, 9.17) is 10.5 Å². The average molecular weight is 258 g/mol. The van der Waals surface area contributed by atoms with E-state index in [1.54, 1.807) is 32.2 Å². The molecule has 0 spiro atoms. The summed E-state index contributed by atoms with van der Waals surface area (Å²) in [6, 6.07) is 7.08. The first kappa shape index (κ1) is 14.0. The van der Waals surface area contributed by atoms with E-state index < -0.39 is 15.3 Å². The van der Waals surface area contributed by atoms with E-state index >= 15 is 0 Å². The average Bonchev–Trinajstić information content (AvgIpc) is 2.28. The second kappa shape index (κ2) is 6.00. The number of ether oxygens (including phenoxy) is 1. The van der Waals surface area contributed by atoms with Crippen molar-refractivity contribution < 1.29 is 13.2 Å². The Morgan fingerprint density at radius 2 is 2.18 bits per heavy atom. The van der Waals surface area contributed by atoms with Gasteiger partial charge in [-0.3, -0.25) is 4.72 Å². The summed E-state index contributed by atoms with van der Waals surface area (Å²) in [4.78, 5) is 0. The molecule has 1 aromatic rings. The molecule has 1 atom stereocenters. The zero-order chi connectivity index (χ0) is 12.9. The van der Waals surface area contributed by atoms with Gasteiger partial charge in [0.05, 0.1) is 11.9 Å². The fourth-order valence-electron chi connectivity index (χ4n) is 1.28. The molecule has 5 nitrogen and oxygen atoms in total. The van der Waals surface area contributed by atoms with Gasteiger partial charge in [-0.25, -0.2) is 8.42 Å². The van der Waals surface area contributed by atoms with Gasteiger partial charge in [0.25, 0.3) is 0 Å². The minimum Gasteiger partial charge on any atom is -0.380 e. The Hall–Kier alpha value is -1.11. The number of hydrogen-bond donors (Lipinski definition) is 2. The quantitative estimate of drug-likeness (QED) is 0.795. The first-order chi connectivity index (χ1) is 7.99. The number of nitrogens with one attached hydrogen (secondary N) is 1. The number of sulfonamides is 1. The van der Waals surface area contributed by atoms with Crippen molar-refractivity contribution in [3.63, 3.8) is 0 Å². The third-order valence-corrected chi connectivity index (χ3v) is 4.13. The zero-order valence-electron chi connectivity index (χ0n) is 10.0. The number of anilines is 1. The van der Waals surface area contributed by atoms with Crippen LogP contribution in [0, 0.1) is 0 Å². The van der Waals surface area contributed by atoms with Crippen LogP contribution < -0.4 is 10.5 Å². The Morgan fingerprint density at radius 3 is 2.76 bits per heavy atom. The topological polar surface area (TPSA) is 81.4 Å². The highest BCUT2D eigenvalue weighted by atomic mass is 32.2. The molecule has 17 heavy (non-hydrogen) atoms. The highest BCUT2D eigenvalue weighted by Crippen LogP contribution is 2.14. The second-order valence-corrected chi connectivity index (χ2v) is 5.93. The van der Waals surface area contributed by atoms with E-state index in [1.165, 1.54) is 0 Å². The Labute approximate surface area is 102 Å². The van der Waals surface area contributed by atoms with Crippen molar-refractivity contribution in [1.82, 2.24) is 0 Å². The zero-order valence-corrected chi connectivity index (χ0v) is 10.8. The molecule has 0 saturated carbocycles. The molecule has 1 rings (SSSR count). The third kappa shape index (κ3) is 3.99. The lowest BCUT2D eigenvalue weighted by atomic mass is 10.2. The maximum absolute atomic E-state index is 11.8. The Morgan fingerprint density at radius 1 is 1.47 bits per heavy atom. The molecule has 0 aromatic heterocycles. The molecule has 0 heterocycles. The maximum atomic E-state index is 11.8. The molecule has 0 aliphatic rings. The predicted octanol–water partition coefficient (Wildman–Crippen LogP) is 0.922. The molecule has 0 saturated heterocycles. The highest BCUT2D eigenvalue weighted by Gasteiger charge is 2.18. The number of rotatable bonds is 6. The summed E-state index contributed by atoms with van der Waals surface area (Å²) in [7, 11) is -1.82. The Kier molecular flexibility index (Phi) is 4.92. The summed E-state index contributed by atoms with van der Waals surface area (Å²) in [5.74, 6) is 0. The molecule has 0 bridgehead atoms. The summed E-state index contributed by atoms with van der Waals surface area (Å²) in [5, 5.41) is -0.617. The molecule has 96 valence electrons. The first-order valence-electron chi connectivity index (χ1n) is 5.29. The summed E-state index contributed by atoms with van der Waals surface area (Å²) in [6.45, 7) is 2.11. The highest BCUT2D eigenvalue weighted by molar-refractivity contribution is 7.93. The van der Waals surface area contributed by atoms with Gasteiger partial charge in [0, 0.05) is 19.3 Å². The molecular weight excluding hydrogens is 240 g/mol. The maximum Gasteiger partial charge on any atom is 0.236 e. The predicted molar refractivity (Wildman–Crippen MR) is 68.2 cm³/mol. The van der Waals surface area contributed by atoms with Gasteiger partial charge in [-0.1, -0.05) is 12.1 Å². The molecule has 0 amide bonds. The summed E-state index contributed by atoms with van der Waals surface area (Å²) < 4.78 is 31.0. The number of nitrogens with two attached hydrogens (primary N) is 1. The van der Waals surface area contributed by atoms with Crippen LogP contribution in [-0.4, -0.2) is 27.3 Å². The van der Waals surface area contributed by atoms with E-state index in [-0.39, 0.29) is 6.54 Å². The minimum absolute atomic E-state index is 0.0904. The smallest absolute Gasteiger partial charge is 0.236 e. The summed E-state index contributed by atoms with van der Waals surface area (Å²) >= 11 is 0. The number of methoxy groups -OCH3 is 1. The van der Waals surface area contributed by atoms with E-state index in [0.29, 0.717) is 12.3 Å². The van der Waals surface area contributed by atoms with Crippen molar-refractivity contribution in [1.29, 1.82) is 0 Å².